The number of piperidine rings is 1. The summed E-state index contributed by atoms with van der Waals surface area (Å²) < 4.78 is 0. The molecule has 1 N–H and O–H groups in total. The average Bonchev–Trinajstić information content (AvgIpc) is 3.02. The van der Waals surface area contributed by atoms with Crippen LogP contribution in [0, 0.1) is 11.8 Å². The van der Waals surface area contributed by atoms with Gasteiger partial charge in [-0.2, -0.15) is 0 Å². The summed E-state index contributed by atoms with van der Waals surface area (Å²) in [6.07, 6.45) is 7.24. The Morgan fingerprint density at radius 1 is 1.12 bits per heavy atom. The fourth-order valence-electron chi connectivity index (χ4n) is 3.23. The van der Waals surface area contributed by atoms with E-state index in [-0.39, 0.29) is 0 Å². The van der Waals surface area contributed by atoms with Crippen LogP contribution in [0.3, 0.4) is 0 Å². The van der Waals surface area contributed by atoms with Gasteiger partial charge in [0.2, 0.25) is 0 Å². The van der Waals surface area contributed by atoms with Crippen LogP contribution in [-0.4, -0.2) is 37.1 Å². The summed E-state index contributed by atoms with van der Waals surface area (Å²) in [4.78, 5) is 2.68. The monoisotopic (exact) mass is 224 g/mol. The normalized spacial score (nSPS) is 31.9. The van der Waals surface area contributed by atoms with E-state index in [9.17, 15) is 0 Å². The molecule has 1 aliphatic carbocycles. The predicted octanol–water partition coefficient (Wildman–Crippen LogP) is 2.50. The molecule has 2 rings (SSSR count). The van der Waals surface area contributed by atoms with Gasteiger partial charge in [-0.1, -0.05) is 26.7 Å². The summed E-state index contributed by atoms with van der Waals surface area (Å²) in [5, 5.41) is 3.65. The molecule has 2 aliphatic rings. The number of rotatable bonds is 6. The Labute approximate surface area is 101 Å². The lowest BCUT2D eigenvalue weighted by atomic mass is 9.89. The number of hydrogen-bond donors (Lipinski definition) is 1. The minimum absolute atomic E-state index is 0.758. The van der Waals surface area contributed by atoms with Crippen molar-refractivity contribution < 1.29 is 0 Å². The van der Waals surface area contributed by atoms with Gasteiger partial charge >= 0.3 is 0 Å². The number of likely N-dealkylation sites (N-methyl/N-ethyl adjacent to an activating group) is 1. The first-order chi connectivity index (χ1) is 7.81. The summed E-state index contributed by atoms with van der Waals surface area (Å²) in [5.41, 5.74) is 0. The summed E-state index contributed by atoms with van der Waals surface area (Å²) in [5.74, 6) is 2.06. The molecule has 2 fully saturated rings. The minimum atomic E-state index is 0.758. The zero-order valence-electron chi connectivity index (χ0n) is 11.0. The highest BCUT2D eigenvalue weighted by Crippen LogP contribution is 2.37. The third-order valence-electron chi connectivity index (χ3n) is 4.01. The van der Waals surface area contributed by atoms with Gasteiger partial charge in [-0.05, 0) is 44.2 Å². The van der Waals surface area contributed by atoms with Crippen molar-refractivity contribution >= 4 is 0 Å². The Balaban J connectivity index is 1.81. The van der Waals surface area contributed by atoms with Crippen molar-refractivity contribution in [1.82, 2.24) is 10.2 Å². The lowest BCUT2D eigenvalue weighted by Crippen LogP contribution is -2.49. The highest BCUT2D eigenvalue weighted by atomic mass is 15.2. The van der Waals surface area contributed by atoms with Crippen molar-refractivity contribution in [2.24, 2.45) is 11.8 Å². The average molecular weight is 224 g/mol. The maximum atomic E-state index is 3.65. The lowest BCUT2D eigenvalue weighted by Gasteiger charge is -2.38. The second kappa shape index (κ2) is 6.02. The van der Waals surface area contributed by atoms with Gasteiger partial charge in [0.15, 0.2) is 0 Å². The topological polar surface area (TPSA) is 15.3 Å². The Kier molecular flexibility index (Phi) is 4.66. The van der Waals surface area contributed by atoms with E-state index >= 15 is 0 Å². The van der Waals surface area contributed by atoms with Crippen molar-refractivity contribution in [3.8, 4) is 0 Å². The molecule has 1 saturated carbocycles. The molecule has 0 radical (unpaired) electrons. The summed E-state index contributed by atoms with van der Waals surface area (Å²) in [7, 11) is 0. The van der Waals surface area contributed by atoms with Gasteiger partial charge in [0.05, 0.1) is 0 Å². The molecule has 16 heavy (non-hydrogen) atoms. The Hall–Kier alpha value is -0.0800. The first-order valence-electron chi connectivity index (χ1n) is 7.27. The molecule has 94 valence electrons. The van der Waals surface area contributed by atoms with E-state index in [4.69, 9.17) is 0 Å². The van der Waals surface area contributed by atoms with Crippen LogP contribution in [0.25, 0.3) is 0 Å². The van der Waals surface area contributed by atoms with Crippen molar-refractivity contribution in [2.45, 2.75) is 52.0 Å². The fraction of sp³-hybridized carbons (Fsp3) is 1.00. The van der Waals surface area contributed by atoms with E-state index in [1.54, 1.807) is 0 Å². The Morgan fingerprint density at radius 3 is 2.56 bits per heavy atom. The Morgan fingerprint density at radius 2 is 1.94 bits per heavy atom. The van der Waals surface area contributed by atoms with Crippen LogP contribution in [0.2, 0.25) is 0 Å². The molecule has 1 saturated heterocycles. The highest BCUT2D eigenvalue weighted by Gasteiger charge is 2.31. The number of likely N-dealkylation sites (tertiary alicyclic amines) is 1. The number of nitrogens with one attached hydrogen (secondary N) is 1. The molecule has 1 heterocycles. The Bertz CT molecular complexity index is 187. The fourth-order valence-corrected chi connectivity index (χ4v) is 3.23. The largest absolute Gasteiger partial charge is 0.313 e. The zero-order chi connectivity index (χ0) is 11.4. The molecular weight excluding hydrogens is 196 g/mol. The van der Waals surface area contributed by atoms with E-state index in [1.807, 2.05) is 0 Å². The van der Waals surface area contributed by atoms with Crippen LogP contribution in [-0.2, 0) is 0 Å². The van der Waals surface area contributed by atoms with Gasteiger partial charge in [-0.15, -0.1) is 0 Å². The van der Waals surface area contributed by atoms with Gasteiger partial charge in [0.1, 0.15) is 0 Å². The SMILES string of the molecule is CCCN1CC(CC2CC2)CC(NCC)C1. The first-order valence-corrected chi connectivity index (χ1v) is 7.27. The van der Waals surface area contributed by atoms with Gasteiger partial charge in [-0.25, -0.2) is 0 Å². The maximum Gasteiger partial charge on any atom is 0.0198 e. The lowest BCUT2D eigenvalue weighted by molar-refractivity contribution is 0.133. The summed E-state index contributed by atoms with van der Waals surface area (Å²) in [6, 6.07) is 0.758. The molecule has 0 aromatic carbocycles. The molecule has 2 heteroatoms. The first kappa shape index (κ1) is 12.4. The molecule has 0 amide bonds. The molecule has 1 aliphatic heterocycles. The molecule has 0 spiro atoms. The molecule has 0 bridgehead atoms. The van der Waals surface area contributed by atoms with Gasteiger partial charge in [0, 0.05) is 19.1 Å². The predicted molar refractivity (Wildman–Crippen MR) is 69.6 cm³/mol. The van der Waals surface area contributed by atoms with Crippen LogP contribution in [0.5, 0.6) is 0 Å². The van der Waals surface area contributed by atoms with Crippen molar-refractivity contribution in [3.63, 3.8) is 0 Å². The van der Waals surface area contributed by atoms with Gasteiger partial charge in [0.25, 0.3) is 0 Å². The van der Waals surface area contributed by atoms with Crippen molar-refractivity contribution in [2.75, 3.05) is 26.2 Å². The molecule has 2 atom stereocenters. The van der Waals surface area contributed by atoms with E-state index < -0.39 is 0 Å². The third kappa shape index (κ3) is 3.74. The second-order valence-corrected chi connectivity index (χ2v) is 5.79. The number of hydrogen-bond acceptors (Lipinski definition) is 2. The zero-order valence-corrected chi connectivity index (χ0v) is 11.0. The molecule has 0 aromatic rings. The van der Waals surface area contributed by atoms with Crippen LogP contribution in [0.15, 0.2) is 0 Å². The molecule has 2 unspecified atom stereocenters. The van der Waals surface area contributed by atoms with Crippen molar-refractivity contribution in [1.29, 1.82) is 0 Å². The van der Waals surface area contributed by atoms with E-state index in [0.717, 1.165) is 24.4 Å². The van der Waals surface area contributed by atoms with E-state index in [2.05, 4.69) is 24.1 Å². The van der Waals surface area contributed by atoms with E-state index in [0.29, 0.717) is 0 Å². The molecular formula is C14H28N2. The molecule has 0 aromatic heterocycles. The van der Waals surface area contributed by atoms with Gasteiger partial charge < -0.3 is 10.2 Å². The molecule has 2 nitrogen and oxygen atoms in total. The number of nitrogens with zero attached hydrogens (tertiary/aromatic N) is 1. The smallest absolute Gasteiger partial charge is 0.0198 e. The van der Waals surface area contributed by atoms with Crippen molar-refractivity contribution in [3.05, 3.63) is 0 Å². The summed E-state index contributed by atoms with van der Waals surface area (Å²) >= 11 is 0. The minimum Gasteiger partial charge on any atom is -0.313 e. The van der Waals surface area contributed by atoms with Crippen LogP contribution in [0.4, 0.5) is 0 Å². The highest BCUT2D eigenvalue weighted by molar-refractivity contribution is 4.86. The second-order valence-electron chi connectivity index (χ2n) is 5.79. The quantitative estimate of drug-likeness (QED) is 0.746. The third-order valence-corrected chi connectivity index (χ3v) is 4.01. The summed E-state index contributed by atoms with van der Waals surface area (Å²) in [6.45, 7) is 9.60. The van der Waals surface area contributed by atoms with Crippen LogP contribution >= 0.6 is 0 Å². The van der Waals surface area contributed by atoms with Gasteiger partial charge in [-0.3, -0.25) is 0 Å². The maximum absolute atomic E-state index is 3.65. The standard InChI is InChI=1S/C14H28N2/c1-3-7-16-10-13(8-12-5-6-12)9-14(11-16)15-4-2/h12-15H,3-11H2,1-2H3. The van der Waals surface area contributed by atoms with E-state index in [1.165, 1.54) is 51.7 Å². The van der Waals surface area contributed by atoms with Crippen LogP contribution in [0.1, 0.15) is 46.0 Å². The van der Waals surface area contributed by atoms with Crippen LogP contribution < -0.4 is 5.32 Å².